The van der Waals surface area contributed by atoms with Gasteiger partial charge in [-0.2, -0.15) is 0 Å². The van der Waals surface area contributed by atoms with Crippen LogP contribution in [-0.2, 0) is 41.6 Å². The first-order chi connectivity index (χ1) is 27.8. The average Bonchev–Trinajstić information content (AvgIpc) is 3.22. The monoisotopic (exact) mass is 871 g/mol. The van der Waals surface area contributed by atoms with Crippen LogP contribution in [-0.4, -0.2) is 61.9 Å². The van der Waals surface area contributed by atoms with E-state index in [0.29, 0.717) is 19.3 Å². The van der Waals surface area contributed by atoms with E-state index >= 15 is 4.57 Å². The van der Waals surface area contributed by atoms with E-state index in [9.17, 15) is 19.0 Å². The van der Waals surface area contributed by atoms with Gasteiger partial charge in [-0.05, 0) is 61.7 Å². The average molecular weight is 871 g/mol. The predicted octanol–water partition coefficient (Wildman–Crippen LogP) is 14.5. The van der Waals surface area contributed by atoms with E-state index in [4.69, 9.17) is 32.5 Å². The van der Waals surface area contributed by atoms with Gasteiger partial charge >= 0.3 is 27.5 Å². The minimum Gasteiger partial charge on any atom is -0.434 e. The molecule has 0 aromatic heterocycles. The van der Waals surface area contributed by atoms with Crippen molar-refractivity contribution >= 4 is 27.5 Å². The number of unbranched alkanes of at least 4 members (excludes halogenated alkanes) is 5. The molecular formula is C44H88O12P2. The molecular weight excluding hydrogens is 782 g/mol. The van der Waals surface area contributed by atoms with Gasteiger partial charge in [-0.3, -0.25) is 9.13 Å². The van der Waals surface area contributed by atoms with Crippen molar-refractivity contribution in [3.63, 3.8) is 0 Å². The van der Waals surface area contributed by atoms with Gasteiger partial charge in [-0.25, -0.2) is 9.59 Å². The third kappa shape index (κ3) is 24.3. The maximum Gasteiger partial charge on any atom is 0.509 e. The Morgan fingerprint density at radius 2 is 0.707 bits per heavy atom. The van der Waals surface area contributed by atoms with Crippen LogP contribution in [0.1, 0.15) is 198 Å². The van der Waals surface area contributed by atoms with Gasteiger partial charge in [0.2, 0.25) is 0 Å². The minimum atomic E-state index is -5.13. The Kier molecular flexibility index (Phi) is 33.7. The SMILES string of the molecule is CCCCC(CC)COC(=O)OC(C(OC(=O)OCC(CC)CCCC)P(=O)(OCC(CC)CCCC)OCC(CC)CCCC)P(=O)(O)OCC(CC)CCCC. The van der Waals surface area contributed by atoms with Crippen LogP contribution in [0.25, 0.3) is 0 Å². The molecule has 0 saturated carbocycles. The predicted molar refractivity (Wildman–Crippen MR) is 234 cm³/mol. The second-order valence-corrected chi connectivity index (χ2v) is 20.2. The van der Waals surface area contributed by atoms with Crippen molar-refractivity contribution in [1.29, 1.82) is 0 Å². The number of hydrogen-bond acceptors (Lipinski definition) is 11. The number of hydrogen-bond donors (Lipinski definition) is 1. The molecule has 0 aliphatic rings. The molecule has 1 N–H and O–H groups in total. The van der Waals surface area contributed by atoms with Crippen LogP contribution in [0, 0.1) is 29.6 Å². The van der Waals surface area contributed by atoms with Crippen LogP contribution in [0.5, 0.6) is 0 Å². The summed E-state index contributed by atoms with van der Waals surface area (Å²) in [6.45, 7) is 20.2. The molecule has 0 spiro atoms. The summed E-state index contributed by atoms with van der Waals surface area (Å²) < 4.78 is 71.0. The van der Waals surface area contributed by atoms with Gasteiger partial charge in [0.05, 0.1) is 33.0 Å². The molecule has 12 nitrogen and oxygen atoms in total. The van der Waals surface area contributed by atoms with E-state index in [-0.39, 0.29) is 62.6 Å². The highest BCUT2D eigenvalue weighted by Crippen LogP contribution is 2.63. The van der Waals surface area contributed by atoms with E-state index in [1.54, 1.807) is 0 Å². The summed E-state index contributed by atoms with van der Waals surface area (Å²) in [5, 5.41) is 0. The third-order valence-electron chi connectivity index (χ3n) is 11.4. The summed E-state index contributed by atoms with van der Waals surface area (Å²) in [4.78, 5) is 39.1. The van der Waals surface area contributed by atoms with Crippen LogP contribution in [0.2, 0.25) is 0 Å². The van der Waals surface area contributed by atoms with Gasteiger partial charge in [-0.15, -0.1) is 0 Å². The molecule has 8 atom stereocenters. The Labute approximate surface area is 354 Å². The highest BCUT2D eigenvalue weighted by atomic mass is 31.2. The lowest BCUT2D eigenvalue weighted by Gasteiger charge is -2.34. The molecule has 346 valence electrons. The van der Waals surface area contributed by atoms with Crippen LogP contribution < -0.4 is 0 Å². The van der Waals surface area contributed by atoms with E-state index < -0.39 is 39.2 Å². The first-order valence-corrected chi connectivity index (χ1v) is 26.6. The second kappa shape index (κ2) is 34.4. The molecule has 0 saturated heterocycles. The summed E-state index contributed by atoms with van der Waals surface area (Å²) in [7, 11) is -9.89. The first-order valence-electron chi connectivity index (χ1n) is 23.3. The van der Waals surface area contributed by atoms with Crippen LogP contribution >= 0.6 is 15.2 Å². The molecule has 0 rings (SSSR count). The summed E-state index contributed by atoms with van der Waals surface area (Å²) in [5.74, 6) is -4.59. The fourth-order valence-corrected chi connectivity index (χ4v) is 10.5. The van der Waals surface area contributed by atoms with E-state index in [1.807, 2.05) is 34.6 Å². The van der Waals surface area contributed by atoms with Crippen LogP contribution in [0.4, 0.5) is 9.59 Å². The lowest BCUT2D eigenvalue weighted by atomic mass is 10.0. The second-order valence-electron chi connectivity index (χ2n) is 16.2. The van der Waals surface area contributed by atoms with Crippen LogP contribution in [0.3, 0.4) is 0 Å². The zero-order valence-corrected chi connectivity index (χ0v) is 40.3. The Hall–Kier alpha value is -1.16. The molecule has 0 heterocycles. The van der Waals surface area contributed by atoms with Gasteiger partial charge < -0.3 is 37.4 Å². The van der Waals surface area contributed by atoms with E-state index in [2.05, 4.69) is 34.6 Å². The topological polar surface area (TPSA) is 153 Å². The zero-order chi connectivity index (χ0) is 43.8. The molecule has 0 fully saturated rings. The molecule has 0 aliphatic heterocycles. The highest BCUT2D eigenvalue weighted by Gasteiger charge is 2.56. The summed E-state index contributed by atoms with van der Waals surface area (Å²) in [6, 6.07) is 0. The molecule has 0 amide bonds. The van der Waals surface area contributed by atoms with Crippen molar-refractivity contribution in [2.24, 2.45) is 29.6 Å². The standard InChI is InChI=1S/C44H88O12P2/c1-11-21-26-36(16-6)31-50-43(45)55-41(57(47,48)52-33-38(18-8)28-23-13-3)42(56-44(46)51-32-37(17-7)27-22-12-2)58(49,53-34-39(19-9)29-24-14-4)54-35-40(20-10)30-25-15-5/h36-42H,11-35H2,1-10H3,(H,47,48). The van der Waals surface area contributed by atoms with Gasteiger partial charge in [0, 0.05) is 0 Å². The van der Waals surface area contributed by atoms with E-state index in [0.717, 1.165) is 109 Å². The van der Waals surface area contributed by atoms with Gasteiger partial charge in [0.25, 0.3) is 11.7 Å². The largest absolute Gasteiger partial charge is 0.509 e. The molecule has 0 aliphatic carbocycles. The van der Waals surface area contributed by atoms with Crippen molar-refractivity contribution in [2.45, 2.75) is 209 Å². The molecule has 0 radical (unpaired) electrons. The third-order valence-corrected chi connectivity index (χ3v) is 15.2. The van der Waals surface area contributed by atoms with Crippen molar-refractivity contribution < 1.29 is 56.1 Å². The maximum atomic E-state index is 15.5. The minimum absolute atomic E-state index is 0.00712. The lowest BCUT2D eigenvalue weighted by molar-refractivity contribution is -0.0314. The normalized spacial score (nSPS) is 17.5. The fraction of sp³-hybridized carbons (Fsp3) is 0.955. The molecule has 0 aromatic rings. The van der Waals surface area contributed by atoms with Gasteiger partial charge in [0.15, 0.2) is 0 Å². The molecule has 8 unspecified atom stereocenters. The quantitative estimate of drug-likeness (QED) is 0.0464. The highest BCUT2D eigenvalue weighted by molar-refractivity contribution is 7.58. The zero-order valence-electron chi connectivity index (χ0n) is 38.6. The Morgan fingerprint density at radius 3 is 1.00 bits per heavy atom. The first kappa shape index (κ1) is 56.8. The van der Waals surface area contributed by atoms with E-state index in [1.165, 1.54) is 0 Å². The number of carbonyl (C=O) groups is 2. The van der Waals surface area contributed by atoms with Crippen LogP contribution in [0.15, 0.2) is 0 Å². The van der Waals surface area contributed by atoms with Crippen molar-refractivity contribution in [1.82, 2.24) is 0 Å². The number of rotatable bonds is 38. The Morgan fingerprint density at radius 1 is 0.431 bits per heavy atom. The molecule has 0 aromatic carbocycles. The molecule has 58 heavy (non-hydrogen) atoms. The number of ether oxygens (including phenoxy) is 4. The summed E-state index contributed by atoms with van der Waals surface area (Å²) in [5.41, 5.74) is 0. The smallest absolute Gasteiger partial charge is 0.434 e. The van der Waals surface area contributed by atoms with Crippen molar-refractivity contribution in [2.75, 3.05) is 33.0 Å². The maximum absolute atomic E-state index is 15.5. The van der Waals surface area contributed by atoms with Crippen molar-refractivity contribution in [3.8, 4) is 0 Å². The molecule has 14 heteroatoms. The van der Waals surface area contributed by atoms with Gasteiger partial charge in [-0.1, -0.05) is 166 Å². The Balaban J connectivity index is 7.39. The van der Waals surface area contributed by atoms with Gasteiger partial charge in [0.1, 0.15) is 0 Å². The summed E-state index contributed by atoms with van der Waals surface area (Å²) >= 11 is 0. The summed E-state index contributed by atoms with van der Waals surface area (Å²) in [6.07, 6.45) is 14.4. The lowest BCUT2D eigenvalue weighted by Crippen LogP contribution is -2.38. The fourth-order valence-electron chi connectivity index (χ4n) is 6.58. The Bertz CT molecular complexity index is 1100. The van der Waals surface area contributed by atoms with Crippen molar-refractivity contribution in [3.05, 3.63) is 0 Å². The molecule has 0 bridgehead atoms. The number of carbonyl (C=O) groups excluding carboxylic acids is 2.